The molecule has 0 saturated heterocycles. The molecular weight excluding hydrogens is 842 g/mol. The number of phenols is 2. The number of allylic oxidation sites excluding steroid dienone is 1. The number of carbonyl (C=O) groups is 7. The fraction of sp³-hybridized carbons (Fsp3) is 0.372. The molecule has 21 heteroatoms. The number of aliphatic hydroxyl groups excluding tert-OH is 4. The Kier molecular flexibility index (Phi) is 9.77. The predicted molar refractivity (Wildman–Crippen MR) is 217 cm³/mol. The Morgan fingerprint density at radius 2 is 1.20 bits per heavy atom. The van der Waals surface area contributed by atoms with Crippen molar-refractivity contribution in [3.05, 3.63) is 97.9 Å². The van der Waals surface area contributed by atoms with Crippen molar-refractivity contribution in [2.75, 3.05) is 33.5 Å². The Hall–Kier alpha value is -6.91. The van der Waals surface area contributed by atoms with Gasteiger partial charge < -0.3 is 62.7 Å². The van der Waals surface area contributed by atoms with Crippen LogP contribution in [0.25, 0.3) is 0 Å². The van der Waals surface area contributed by atoms with Gasteiger partial charge in [-0.05, 0) is 64.3 Å². The third kappa shape index (κ3) is 5.44. The van der Waals surface area contributed by atoms with E-state index >= 15 is 0 Å². The fourth-order valence-electron chi connectivity index (χ4n) is 11.1. The van der Waals surface area contributed by atoms with Crippen LogP contribution in [0.1, 0.15) is 56.6 Å². The Morgan fingerprint density at radius 1 is 0.703 bits per heavy atom. The van der Waals surface area contributed by atoms with Crippen molar-refractivity contribution in [1.82, 2.24) is 9.80 Å². The van der Waals surface area contributed by atoms with E-state index in [1.165, 1.54) is 56.2 Å². The lowest BCUT2D eigenvalue weighted by molar-refractivity contribution is -0.150. The van der Waals surface area contributed by atoms with Gasteiger partial charge in [-0.25, -0.2) is 0 Å². The quantitative estimate of drug-likeness (QED) is 0.132. The van der Waals surface area contributed by atoms with E-state index in [-0.39, 0.29) is 17.5 Å². The second kappa shape index (κ2) is 14.3. The second-order valence-corrected chi connectivity index (χ2v) is 17.4. The van der Waals surface area contributed by atoms with E-state index in [1.54, 1.807) is 0 Å². The molecule has 10 atom stereocenters. The van der Waals surface area contributed by atoms with Crippen LogP contribution < -0.4 is 16.8 Å². The molecule has 6 aliphatic rings. The zero-order valence-corrected chi connectivity index (χ0v) is 34.4. The number of hydrogen-bond acceptors (Lipinski definition) is 18. The molecule has 0 bridgehead atoms. The third-order valence-electron chi connectivity index (χ3n) is 13.9. The summed E-state index contributed by atoms with van der Waals surface area (Å²) in [6, 6.07) is 2.00. The van der Waals surface area contributed by atoms with Crippen LogP contribution in [0.3, 0.4) is 0 Å². The van der Waals surface area contributed by atoms with E-state index in [0.717, 1.165) is 12.1 Å². The van der Waals surface area contributed by atoms with Crippen molar-refractivity contribution in [1.29, 1.82) is 0 Å². The van der Waals surface area contributed by atoms with Crippen molar-refractivity contribution in [3.63, 3.8) is 0 Å². The first-order chi connectivity index (χ1) is 29.9. The van der Waals surface area contributed by atoms with Crippen molar-refractivity contribution in [3.8, 4) is 11.5 Å². The number of ketones is 4. The molecule has 336 valence electrons. The molecule has 0 aliphatic heterocycles. The highest BCUT2D eigenvalue weighted by molar-refractivity contribution is 6.29. The number of primary amides is 1. The Bertz CT molecular complexity index is 2730. The maximum absolute atomic E-state index is 14.5. The number of nitrogens with one attached hydrogen (secondary N) is 1. The number of fused-ring (bicyclic) bond motifs is 6. The Balaban J connectivity index is 1.19. The summed E-state index contributed by atoms with van der Waals surface area (Å²) in [5.74, 6) is -22.7. The summed E-state index contributed by atoms with van der Waals surface area (Å²) in [7, 11) is 5.69. The van der Waals surface area contributed by atoms with Crippen LogP contribution in [0.2, 0.25) is 0 Å². The average Bonchev–Trinajstić information content (AvgIpc) is 3.19. The molecule has 0 radical (unpaired) electrons. The van der Waals surface area contributed by atoms with Crippen molar-refractivity contribution >= 4 is 46.6 Å². The van der Waals surface area contributed by atoms with Gasteiger partial charge in [-0.2, -0.15) is 0 Å². The van der Waals surface area contributed by atoms with Gasteiger partial charge in [0.2, 0.25) is 11.6 Å². The lowest BCUT2D eigenvalue weighted by atomic mass is 9.56. The summed E-state index contributed by atoms with van der Waals surface area (Å²) < 4.78 is 0. The summed E-state index contributed by atoms with van der Waals surface area (Å²) >= 11 is 0. The first-order valence-electron chi connectivity index (χ1n) is 19.8. The minimum Gasteiger partial charge on any atom is -0.510 e. The first-order valence-corrected chi connectivity index (χ1v) is 19.8. The maximum Gasteiger partial charge on any atom is 0.311 e. The molecule has 64 heavy (non-hydrogen) atoms. The van der Waals surface area contributed by atoms with E-state index < -0.39 is 180 Å². The number of carboxylic acid groups (broad SMARTS) is 1. The van der Waals surface area contributed by atoms with Crippen LogP contribution in [0, 0.1) is 23.7 Å². The molecule has 0 aromatic heterocycles. The van der Waals surface area contributed by atoms with Gasteiger partial charge in [0.05, 0.1) is 34.8 Å². The summed E-state index contributed by atoms with van der Waals surface area (Å²) in [5.41, 5.74) is 0.551. The largest absolute Gasteiger partial charge is 0.510 e. The van der Waals surface area contributed by atoms with Gasteiger partial charge in [0.1, 0.15) is 39.9 Å². The number of Topliss-reactive ketones (excluding diaryl/α,β-unsaturated/α-hetero) is 4. The molecule has 2 amide bonds. The minimum absolute atomic E-state index is 0.0352. The Morgan fingerprint density at radius 3 is 1.73 bits per heavy atom. The van der Waals surface area contributed by atoms with Gasteiger partial charge >= 0.3 is 5.97 Å². The van der Waals surface area contributed by atoms with Gasteiger partial charge in [0, 0.05) is 40.9 Å². The number of carbonyl (C=O) groups excluding carboxylic acids is 6. The smallest absolute Gasteiger partial charge is 0.311 e. The van der Waals surface area contributed by atoms with Gasteiger partial charge in [-0.3, -0.25) is 43.4 Å². The van der Waals surface area contributed by atoms with Gasteiger partial charge in [-0.1, -0.05) is 18.2 Å². The van der Waals surface area contributed by atoms with Crippen molar-refractivity contribution in [2.24, 2.45) is 35.1 Å². The second-order valence-electron chi connectivity index (χ2n) is 17.4. The SMILES string of the molecule is CN(C)[C@@H]1C(O)=C(C(N)=O)C(=O)[C@@]2(O)C(O)=C3C(=O)c4c(ccc(NC(=O)C5=C(O)[C@@H](N(C)C)[C@@H]6C[C@H]7C(=C(O)[C@]6(O)C5=O)C(=O)c5c(O)cccc5[C@@H]7C(=O)O)c4O)[C@H](N)[C@H]3C[C@@H]12. The number of hydrogen-bond donors (Lipinski definition) is 12. The molecule has 0 saturated carbocycles. The number of nitrogens with two attached hydrogens (primary N) is 2. The van der Waals surface area contributed by atoms with Gasteiger partial charge in [0.25, 0.3) is 11.8 Å². The molecule has 0 heterocycles. The molecule has 0 spiro atoms. The normalized spacial score (nSPS) is 32.2. The molecule has 21 nitrogen and oxygen atoms in total. The summed E-state index contributed by atoms with van der Waals surface area (Å²) in [5, 5.41) is 105. The zero-order chi connectivity index (χ0) is 47.1. The van der Waals surface area contributed by atoms with Crippen molar-refractivity contribution < 1.29 is 79.5 Å². The highest BCUT2D eigenvalue weighted by atomic mass is 16.4. The van der Waals surface area contributed by atoms with Crippen LogP contribution in [-0.2, 0) is 24.0 Å². The van der Waals surface area contributed by atoms with Crippen LogP contribution in [-0.4, -0.2) is 148 Å². The molecular formula is C43H43N5O16. The Labute approximate surface area is 361 Å². The number of aliphatic carboxylic acids is 1. The first kappa shape index (κ1) is 43.7. The topological polar surface area (TPSA) is 372 Å². The maximum atomic E-state index is 14.5. The van der Waals surface area contributed by atoms with Crippen LogP contribution in [0.5, 0.6) is 11.5 Å². The number of likely N-dealkylation sites (N-methyl/N-ethyl adjacent to an activating group) is 2. The summed E-state index contributed by atoms with van der Waals surface area (Å²) in [6.45, 7) is 0. The number of rotatable bonds is 6. The number of aromatic hydroxyl groups is 2. The molecule has 14 N–H and O–H groups in total. The monoisotopic (exact) mass is 885 g/mol. The lowest BCUT2D eigenvalue weighted by Crippen LogP contribution is -2.64. The zero-order valence-electron chi connectivity index (χ0n) is 34.4. The molecule has 0 unspecified atom stereocenters. The van der Waals surface area contributed by atoms with Crippen molar-refractivity contribution in [2.45, 2.75) is 48.1 Å². The van der Waals surface area contributed by atoms with E-state index in [2.05, 4.69) is 5.32 Å². The molecule has 6 aliphatic carbocycles. The summed E-state index contributed by atoms with van der Waals surface area (Å²) in [4.78, 5) is 98.4. The number of benzene rings is 2. The minimum atomic E-state index is -3.15. The third-order valence-corrected chi connectivity index (χ3v) is 13.9. The molecule has 0 fully saturated rings. The number of anilines is 1. The van der Waals surface area contributed by atoms with Crippen LogP contribution >= 0.6 is 0 Å². The predicted octanol–water partition coefficient (Wildman–Crippen LogP) is -0.209. The highest BCUT2D eigenvalue weighted by Gasteiger charge is 2.66. The van der Waals surface area contributed by atoms with Crippen LogP contribution in [0.15, 0.2) is 75.7 Å². The van der Waals surface area contributed by atoms with E-state index in [4.69, 9.17) is 11.5 Å². The number of carboxylic acids is 1. The average molecular weight is 886 g/mol. The number of nitrogens with zero attached hydrogens (tertiary/aromatic N) is 2. The number of amides is 2. The lowest BCUT2D eigenvalue weighted by Gasteiger charge is -2.51. The molecule has 2 aromatic carbocycles. The fourth-order valence-corrected chi connectivity index (χ4v) is 11.1. The van der Waals surface area contributed by atoms with Crippen LogP contribution in [0.4, 0.5) is 5.69 Å². The highest BCUT2D eigenvalue weighted by Crippen LogP contribution is 2.57. The number of phenolic OH excluding ortho intramolecular Hbond substituents is 2. The van der Waals surface area contributed by atoms with E-state index in [0.29, 0.717) is 0 Å². The van der Waals surface area contributed by atoms with E-state index in [9.17, 15) is 79.5 Å². The van der Waals surface area contributed by atoms with E-state index in [1.807, 2.05) is 0 Å². The van der Waals surface area contributed by atoms with Gasteiger partial charge in [-0.15, -0.1) is 0 Å². The molecule has 2 aromatic rings. The standard InChI is InChI=1S/C43H43N5O16/c1-47(2)28-17-11-15-24(36(56)42(17,63)37(57)25(33(28)53)39(45)59)32(52)22-13(27(15)44)8-9-18(30(22)50)46-40(60)26-34(54)29(48(3)4)16-10-14-20(41(61)62)12-6-5-7-19(49)21(12)31(51)23(14)35(55)43(16,64)38(26)58/h5-9,14-17,20,27-29,49-50,53-56,63-64H,10-11,44H2,1-4H3,(H2,45,59)(H,46,60)(H,61,62)/t14-,15+,16+,17+,20+,27+,28+,29+,42+,43+/m1/s1. The van der Waals surface area contributed by atoms with Gasteiger partial charge in [0.15, 0.2) is 28.5 Å². The summed E-state index contributed by atoms with van der Waals surface area (Å²) in [6.07, 6.45) is -0.823. The number of aliphatic hydroxyl groups is 6. The molecule has 8 rings (SSSR count).